The lowest BCUT2D eigenvalue weighted by molar-refractivity contribution is -0.120. The third-order valence-corrected chi connectivity index (χ3v) is 16.1. The van der Waals surface area contributed by atoms with Crippen molar-refractivity contribution in [1.82, 2.24) is 29.9 Å². The molecule has 71 heavy (non-hydrogen) atoms. The molecule has 0 unspecified atom stereocenters. The van der Waals surface area contributed by atoms with Gasteiger partial charge in [0.05, 0.1) is 46.0 Å². The summed E-state index contributed by atoms with van der Waals surface area (Å²) in [6, 6.07) is 19.7. The predicted octanol–water partition coefficient (Wildman–Crippen LogP) is 8.08. The van der Waals surface area contributed by atoms with Crippen LogP contribution in [0.3, 0.4) is 0 Å². The van der Waals surface area contributed by atoms with Gasteiger partial charge in [-0.05, 0) is 74.9 Å². The Labute approximate surface area is 419 Å². The van der Waals surface area contributed by atoms with Crippen molar-refractivity contribution in [1.29, 1.82) is 0 Å². The van der Waals surface area contributed by atoms with Crippen LogP contribution in [0, 0.1) is 0 Å². The van der Waals surface area contributed by atoms with Gasteiger partial charge in [0.25, 0.3) is 19.1 Å². The first-order chi connectivity index (χ1) is 34.1. The van der Waals surface area contributed by atoms with E-state index in [1.165, 1.54) is 43.3 Å². The molecule has 6 aromatic rings. The molecule has 4 aromatic heterocycles. The van der Waals surface area contributed by atoms with Crippen molar-refractivity contribution in [2.24, 2.45) is 0 Å². The first-order valence-corrected chi connectivity index (χ1v) is 27.5. The summed E-state index contributed by atoms with van der Waals surface area (Å²) in [6.45, 7) is 4.08. The highest BCUT2D eigenvalue weighted by Gasteiger charge is 2.43. The van der Waals surface area contributed by atoms with E-state index in [1.54, 1.807) is 97.3 Å². The number of likely N-dealkylation sites (N-methyl/N-ethyl adjacent to an activating group) is 2. The number of halogens is 1. The number of carbonyl (C=O) groups is 2. The lowest BCUT2D eigenvalue weighted by Gasteiger charge is -2.43. The number of hydrogen-bond acceptors (Lipinski definition) is 15. The zero-order valence-electron chi connectivity index (χ0n) is 40.0. The van der Waals surface area contributed by atoms with Crippen LogP contribution in [0.15, 0.2) is 120 Å². The second kappa shape index (κ2) is 21.7. The van der Waals surface area contributed by atoms with Crippen molar-refractivity contribution in [3.05, 3.63) is 110 Å². The number of nitrogens with one attached hydrogen (secondary N) is 1. The Hall–Kier alpha value is -6.77. The molecule has 21 heteroatoms. The summed E-state index contributed by atoms with van der Waals surface area (Å²) in [4.78, 5) is 61.0. The lowest BCUT2D eigenvalue weighted by Crippen LogP contribution is -2.55. The number of pyridine rings is 2. The maximum absolute atomic E-state index is 13.1. The van der Waals surface area contributed by atoms with Crippen LogP contribution in [0.5, 0.6) is 0 Å². The van der Waals surface area contributed by atoms with Crippen LogP contribution < -0.4 is 30.1 Å². The first kappa shape index (κ1) is 50.6. The molecular formula is C50H57ClN12O6S2. The highest BCUT2D eigenvalue weighted by molar-refractivity contribution is 8.13. The monoisotopic (exact) mass is 1020 g/mol. The summed E-state index contributed by atoms with van der Waals surface area (Å²) in [5.41, 5.74) is 9.61. The van der Waals surface area contributed by atoms with Crippen LogP contribution in [0.25, 0.3) is 22.8 Å². The Bertz CT molecular complexity index is 3090. The fraction of sp³-hybridized carbons (Fsp3) is 0.360. The zero-order valence-corrected chi connectivity index (χ0v) is 42.4. The summed E-state index contributed by atoms with van der Waals surface area (Å²) in [7, 11) is 1.24. The molecular weight excluding hydrogens is 964 g/mol. The molecule has 2 aliphatic heterocycles. The van der Waals surface area contributed by atoms with E-state index in [0.717, 1.165) is 62.0 Å². The second-order valence-corrected chi connectivity index (χ2v) is 21.9. The van der Waals surface area contributed by atoms with Crippen LogP contribution in [0.2, 0.25) is 0 Å². The molecule has 2 aliphatic carbocycles. The van der Waals surface area contributed by atoms with E-state index in [9.17, 15) is 26.4 Å². The number of fused-ring (bicyclic) bond motifs is 2. The van der Waals surface area contributed by atoms with Gasteiger partial charge in [-0.1, -0.05) is 75.9 Å². The number of nitrogen functional groups attached to an aromatic ring is 1. The largest absolute Gasteiger partial charge is 0.397 e. The Kier molecular flexibility index (Phi) is 15.5. The van der Waals surface area contributed by atoms with Gasteiger partial charge in [-0.25, -0.2) is 36.8 Å². The van der Waals surface area contributed by atoms with Gasteiger partial charge in [-0.15, -0.1) is 0 Å². The SMILES string of the molecule is CC[C@@H]1C(=O)N(C)c2cnc(-c3ccncc3N)nc2N1C1CCCC1.CC[C@@H]1C(=O)N(C)c2cnc(-c3ccncc3NS(=O)(=O)c3ccccc3)nc2N1C1CCCC1.O=S(=O)(Cl)c1ccccc1. The molecule has 0 bridgehead atoms. The van der Waals surface area contributed by atoms with Gasteiger partial charge in [0.2, 0.25) is 11.8 Å². The number of sulfonamides is 1. The number of nitrogens with zero attached hydrogens (tertiary/aromatic N) is 10. The summed E-state index contributed by atoms with van der Waals surface area (Å²) in [5.74, 6) is 2.66. The second-order valence-electron chi connectivity index (χ2n) is 17.7. The third-order valence-electron chi connectivity index (χ3n) is 13.3. The molecule has 4 aliphatic rings. The van der Waals surface area contributed by atoms with Crippen molar-refractivity contribution in [3.63, 3.8) is 0 Å². The number of aromatic nitrogens is 6. The minimum atomic E-state index is -3.82. The Balaban J connectivity index is 0.000000164. The molecule has 10 rings (SSSR count). The molecule has 3 N–H and O–H groups in total. The van der Waals surface area contributed by atoms with E-state index < -0.39 is 19.1 Å². The van der Waals surface area contributed by atoms with Crippen LogP contribution >= 0.6 is 10.7 Å². The van der Waals surface area contributed by atoms with Gasteiger partial charge >= 0.3 is 0 Å². The number of hydrogen-bond donors (Lipinski definition) is 2. The Morgan fingerprint density at radius 2 is 1.06 bits per heavy atom. The summed E-state index contributed by atoms with van der Waals surface area (Å²) in [6.07, 6.45) is 20.1. The molecule has 0 spiro atoms. The van der Waals surface area contributed by atoms with Gasteiger partial charge in [0.1, 0.15) is 23.5 Å². The van der Waals surface area contributed by atoms with Crippen LogP contribution in [-0.2, 0) is 28.7 Å². The number of anilines is 6. The molecule has 0 saturated heterocycles. The molecule has 2 amide bonds. The summed E-state index contributed by atoms with van der Waals surface area (Å²) >= 11 is 0. The van der Waals surface area contributed by atoms with Gasteiger partial charge in [0, 0.05) is 60.4 Å². The fourth-order valence-electron chi connectivity index (χ4n) is 9.69. The average molecular weight is 1020 g/mol. The van der Waals surface area contributed by atoms with Gasteiger partial charge in [-0.2, -0.15) is 0 Å². The average Bonchev–Trinajstić information content (AvgIpc) is 4.13. The standard InChI is InChI=1S/C25H28N6O3S.C19H24N6O.C6H5ClO2S/c1-3-21-25(32)30(2)22-16-27-23(28-24(22)31(21)17-9-7-8-10-17)19-13-14-26-15-20(19)29-35(33,34)18-11-5-4-6-12-18;1-3-15-19(26)24(2)16-11-22-17(13-8-9-21-10-14(13)20)23-18(16)25(15)12-6-4-5-7-12;7-10(8,9)6-4-2-1-3-5-6/h4-6,11-17,21,29H,3,7-10H2,1-2H3;8-12,15H,3-7,20H2,1-2H3;1-5H/t21-;15-;/m11./s1. The van der Waals surface area contributed by atoms with Crippen LogP contribution in [-0.4, -0.2) is 96.8 Å². The van der Waals surface area contributed by atoms with Crippen LogP contribution in [0.4, 0.5) is 34.4 Å². The highest BCUT2D eigenvalue weighted by Crippen LogP contribution is 2.42. The Morgan fingerprint density at radius 1 is 0.620 bits per heavy atom. The van der Waals surface area contributed by atoms with Crippen molar-refractivity contribution < 1.29 is 26.4 Å². The van der Waals surface area contributed by atoms with E-state index in [1.807, 2.05) is 13.0 Å². The third kappa shape index (κ3) is 10.8. The smallest absolute Gasteiger partial charge is 0.261 e. The van der Waals surface area contributed by atoms with Crippen molar-refractivity contribution >= 4 is 76.0 Å². The fourth-order valence-corrected chi connectivity index (χ4v) is 11.6. The highest BCUT2D eigenvalue weighted by atomic mass is 35.7. The van der Waals surface area contributed by atoms with Gasteiger partial charge in [0.15, 0.2) is 23.3 Å². The number of nitrogens with two attached hydrogens (primary N) is 1. The van der Waals surface area contributed by atoms with E-state index in [2.05, 4.69) is 41.4 Å². The molecule has 2 aromatic carbocycles. The molecule has 2 fully saturated rings. The lowest BCUT2D eigenvalue weighted by atomic mass is 10.0. The van der Waals surface area contributed by atoms with Gasteiger partial charge < -0.3 is 25.3 Å². The molecule has 2 atom stereocenters. The number of carbonyl (C=O) groups excluding carboxylic acids is 2. The van der Waals surface area contributed by atoms with E-state index in [-0.39, 0.29) is 45.4 Å². The molecule has 18 nitrogen and oxygen atoms in total. The minimum absolute atomic E-state index is 0.0449. The van der Waals surface area contributed by atoms with Crippen molar-refractivity contribution in [3.8, 4) is 22.8 Å². The normalized spacial score (nSPS) is 18.3. The molecule has 6 heterocycles. The summed E-state index contributed by atoms with van der Waals surface area (Å²) < 4.78 is 49.8. The molecule has 0 radical (unpaired) electrons. The van der Waals surface area contributed by atoms with Crippen LogP contribution in [0.1, 0.15) is 78.1 Å². The van der Waals surface area contributed by atoms with E-state index >= 15 is 0 Å². The maximum Gasteiger partial charge on any atom is 0.261 e. The first-order valence-electron chi connectivity index (χ1n) is 23.7. The van der Waals surface area contributed by atoms with Gasteiger partial charge in [-0.3, -0.25) is 24.3 Å². The van der Waals surface area contributed by atoms with Crippen molar-refractivity contribution in [2.45, 2.75) is 112 Å². The molecule has 372 valence electrons. The van der Waals surface area contributed by atoms with E-state index in [0.29, 0.717) is 46.9 Å². The van der Waals surface area contributed by atoms with E-state index in [4.69, 9.17) is 26.4 Å². The minimum Gasteiger partial charge on any atom is -0.397 e. The Morgan fingerprint density at radius 3 is 1.49 bits per heavy atom. The summed E-state index contributed by atoms with van der Waals surface area (Å²) in [5, 5.41) is 0. The van der Waals surface area contributed by atoms with Crippen molar-refractivity contribution in [2.75, 3.05) is 44.2 Å². The molecule has 2 saturated carbocycles. The number of benzene rings is 2. The number of rotatable bonds is 10. The maximum atomic E-state index is 13.1. The predicted molar refractivity (Wildman–Crippen MR) is 276 cm³/mol. The quantitative estimate of drug-likeness (QED) is 0.124. The number of amides is 2. The zero-order chi connectivity index (χ0) is 50.5. The topological polar surface area (TPSA) is 231 Å².